The Morgan fingerprint density at radius 1 is 1.32 bits per heavy atom. The Morgan fingerprint density at radius 3 is 3.05 bits per heavy atom. The van der Waals surface area contributed by atoms with E-state index in [4.69, 9.17) is 11.6 Å². The van der Waals surface area contributed by atoms with Crippen molar-refractivity contribution in [3.8, 4) is 0 Å². The molecule has 1 amide bonds. The molecule has 2 aromatic heterocycles. The number of aromatic nitrogens is 3. The average Bonchev–Trinajstić information content (AvgIpc) is 2.88. The summed E-state index contributed by atoms with van der Waals surface area (Å²) < 4.78 is 0. The Hall–Kier alpha value is -2.40. The quantitative estimate of drug-likeness (QED) is 0.753. The number of rotatable bonds is 2. The molecule has 0 aliphatic rings. The minimum absolute atomic E-state index is 0.244. The van der Waals surface area contributed by atoms with E-state index in [1.165, 1.54) is 6.20 Å². The Morgan fingerprint density at radius 2 is 2.21 bits per heavy atom. The smallest absolute Gasteiger partial charge is 0.255 e. The van der Waals surface area contributed by atoms with Crippen LogP contribution >= 0.6 is 11.6 Å². The lowest BCUT2D eigenvalue weighted by atomic mass is 10.2. The Labute approximate surface area is 113 Å². The van der Waals surface area contributed by atoms with Gasteiger partial charge in [-0.15, -0.1) is 0 Å². The summed E-state index contributed by atoms with van der Waals surface area (Å²) in [6.07, 6.45) is 4.66. The molecule has 0 spiro atoms. The molecule has 6 heteroatoms. The predicted octanol–water partition coefficient (Wildman–Crippen LogP) is 2.86. The molecule has 0 aliphatic carbocycles. The summed E-state index contributed by atoms with van der Waals surface area (Å²) in [5.41, 5.74) is 2.64. The van der Waals surface area contributed by atoms with Crippen molar-refractivity contribution >= 4 is 34.2 Å². The summed E-state index contributed by atoms with van der Waals surface area (Å²) >= 11 is 5.96. The molecule has 3 aromatic rings. The third kappa shape index (κ3) is 2.28. The lowest BCUT2D eigenvalue weighted by Gasteiger charge is -2.06. The summed E-state index contributed by atoms with van der Waals surface area (Å²) in [7, 11) is 0. The van der Waals surface area contributed by atoms with Crippen molar-refractivity contribution in [2.45, 2.75) is 0 Å². The molecule has 5 nitrogen and oxygen atoms in total. The number of aromatic amines is 1. The number of pyridine rings is 1. The maximum absolute atomic E-state index is 12.1. The molecule has 1 aromatic carbocycles. The molecule has 94 valence electrons. The first-order valence-corrected chi connectivity index (χ1v) is 5.96. The highest BCUT2D eigenvalue weighted by molar-refractivity contribution is 6.33. The van der Waals surface area contributed by atoms with Gasteiger partial charge in [0.25, 0.3) is 5.91 Å². The van der Waals surface area contributed by atoms with Crippen molar-refractivity contribution in [1.82, 2.24) is 15.0 Å². The van der Waals surface area contributed by atoms with E-state index in [1.807, 2.05) is 0 Å². The van der Waals surface area contributed by atoms with Crippen molar-refractivity contribution in [2.75, 3.05) is 5.32 Å². The molecule has 0 saturated carbocycles. The van der Waals surface area contributed by atoms with E-state index in [1.54, 1.807) is 36.8 Å². The number of hydrogen-bond acceptors (Lipinski definition) is 3. The van der Waals surface area contributed by atoms with E-state index in [2.05, 4.69) is 20.3 Å². The highest BCUT2D eigenvalue weighted by Gasteiger charge is 2.09. The van der Waals surface area contributed by atoms with Crippen LogP contribution in [-0.2, 0) is 0 Å². The van der Waals surface area contributed by atoms with E-state index in [0.29, 0.717) is 16.3 Å². The number of carbonyl (C=O) groups excluding carboxylic acids is 1. The zero-order valence-electron chi connectivity index (χ0n) is 9.72. The van der Waals surface area contributed by atoms with Crippen molar-refractivity contribution in [3.05, 3.63) is 53.6 Å². The van der Waals surface area contributed by atoms with Crippen LogP contribution in [0.4, 0.5) is 5.69 Å². The third-order valence-electron chi connectivity index (χ3n) is 2.70. The topological polar surface area (TPSA) is 70.7 Å². The van der Waals surface area contributed by atoms with Crippen molar-refractivity contribution in [2.24, 2.45) is 0 Å². The van der Waals surface area contributed by atoms with Crippen LogP contribution in [-0.4, -0.2) is 20.9 Å². The predicted molar refractivity (Wildman–Crippen MR) is 73.3 cm³/mol. The van der Waals surface area contributed by atoms with Gasteiger partial charge in [-0.1, -0.05) is 11.6 Å². The first-order chi connectivity index (χ1) is 9.24. The molecule has 0 saturated heterocycles. The average molecular weight is 273 g/mol. The van der Waals surface area contributed by atoms with Gasteiger partial charge < -0.3 is 10.3 Å². The molecule has 0 atom stereocenters. The van der Waals surface area contributed by atoms with E-state index in [-0.39, 0.29) is 5.91 Å². The zero-order chi connectivity index (χ0) is 13.2. The number of amides is 1. The number of fused-ring (bicyclic) bond motifs is 1. The lowest BCUT2D eigenvalue weighted by molar-refractivity contribution is 0.102. The normalized spacial score (nSPS) is 10.6. The van der Waals surface area contributed by atoms with Crippen LogP contribution in [0.25, 0.3) is 11.0 Å². The van der Waals surface area contributed by atoms with Gasteiger partial charge in [0.2, 0.25) is 0 Å². The second-order valence-corrected chi connectivity index (χ2v) is 4.35. The van der Waals surface area contributed by atoms with Gasteiger partial charge >= 0.3 is 0 Å². The molecule has 19 heavy (non-hydrogen) atoms. The fourth-order valence-corrected chi connectivity index (χ4v) is 1.89. The molecule has 3 rings (SSSR count). The van der Waals surface area contributed by atoms with E-state index in [0.717, 1.165) is 11.0 Å². The van der Waals surface area contributed by atoms with Gasteiger partial charge in [-0.25, -0.2) is 4.98 Å². The van der Waals surface area contributed by atoms with Crippen molar-refractivity contribution in [3.63, 3.8) is 0 Å². The Balaban J connectivity index is 1.89. The molecule has 0 bridgehead atoms. The lowest BCUT2D eigenvalue weighted by Crippen LogP contribution is -2.12. The summed E-state index contributed by atoms with van der Waals surface area (Å²) in [5, 5.41) is 3.17. The molecular weight excluding hydrogens is 264 g/mol. The standard InChI is InChI=1S/C13H9ClN4O/c14-9-3-4-15-6-12(9)18-13(19)8-1-2-10-11(5-8)17-7-16-10/h1-7H,(H,16,17)(H,18,19). The maximum atomic E-state index is 12.1. The minimum Gasteiger partial charge on any atom is -0.345 e. The van der Waals surface area contributed by atoms with Crippen LogP contribution in [0, 0.1) is 0 Å². The fourth-order valence-electron chi connectivity index (χ4n) is 1.74. The van der Waals surface area contributed by atoms with E-state index >= 15 is 0 Å². The molecule has 0 unspecified atom stereocenters. The number of carbonyl (C=O) groups is 1. The number of imidazole rings is 1. The zero-order valence-corrected chi connectivity index (χ0v) is 10.5. The number of halogens is 1. The summed E-state index contributed by atoms with van der Waals surface area (Å²) in [6, 6.07) is 6.85. The van der Waals surface area contributed by atoms with Gasteiger partial charge in [0.1, 0.15) is 0 Å². The van der Waals surface area contributed by atoms with Crippen LogP contribution < -0.4 is 5.32 Å². The maximum Gasteiger partial charge on any atom is 0.255 e. The van der Waals surface area contributed by atoms with Crippen molar-refractivity contribution < 1.29 is 4.79 Å². The van der Waals surface area contributed by atoms with Gasteiger partial charge in [0.15, 0.2) is 0 Å². The van der Waals surface area contributed by atoms with Crippen LogP contribution in [0.2, 0.25) is 5.02 Å². The number of benzene rings is 1. The van der Waals surface area contributed by atoms with Gasteiger partial charge in [-0.3, -0.25) is 9.78 Å². The van der Waals surface area contributed by atoms with Crippen LogP contribution in [0.3, 0.4) is 0 Å². The third-order valence-corrected chi connectivity index (χ3v) is 3.03. The molecular formula is C13H9ClN4O. The summed E-state index contributed by atoms with van der Waals surface area (Å²) in [6.45, 7) is 0. The van der Waals surface area contributed by atoms with Crippen molar-refractivity contribution in [1.29, 1.82) is 0 Å². The van der Waals surface area contributed by atoms with Crippen LogP contribution in [0.1, 0.15) is 10.4 Å². The molecule has 0 radical (unpaired) electrons. The van der Waals surface area contributed by atoms with E-state index in [9.17, 15) is 4.79 Å². The fraction of sp³-hybridized carbons (Fsp3) is 0. The highest BCUT2D eigenvalue weighted by atomic mass is 35.5. The van der Waals surface area contributed by atoms with Gasteiger partial charge in [-0.2, -0.15) is 0 Å². The van der Waals surface area contributed by atoms with Gasteiger partial charge in [-0.05, 0) is 24.3 Å². The monoisotopic (exact) mass is 272 g/mol. The largest absolute Gasteiger partial charge is 0.345 e. The number of hydrogen-bond donors (Lipinski definition) is 2. The first kappa shape index (κ1) is 11.7. The molecule has 2 heterocycles. The summed E-state index contributed by atoms with van der Waals surface area (Å²) in [4.78, 5) is 23.1. The number of anilines is 1. The van der Waals surface area contributed by atoms with Gasteiger partial charge in [0.05, 0.1) is 34.3 Å². The Kier molecular flexibility index (Phi) is 2.89. The van der Waals surface area contributed by atoms with Gasteiger partial charge in [0, 0.05) is 11.8 Å². The molecule has 0 fully saturated rings. The van der Waals surface area contributed by atoms with Crippen LogP contribution in [0.15, 0.2) is 43.0 Å². The first-order valence-electron chi connectivity index (χ1n) is 5.58. The number of nitrogens with zero attached hydrogens (tertiary/aromatic N) is 2. The van der Waals surface area contributed by atoms with E-state index < -0.39 is 0 Å². The second-order valence-electron chi connectivity index (χ2n) is 3.94. The Bertz CT molecular complexity index is 753. The number of H-pyrrole nitrogens is 1. The number of nitrogens with one attached hydrogen (secondary N) is 2. The van der Waals surface area contributed by atoms with Crippen LogP contribution in [0.5, 0.6) is 0 Å². The second kappa shape index (κ2) is 4.70. The molecule has 2 N–H and O–H groups in total. The SMILES string of the molecule is O=C(Nc1cnccc1Cl)c1ccc2nc[nH]c2c1. The highest BCUT2D eigenvalue weighted by Crippen LogP contribution is 2.20. The molecule has 0 aliphatic heterocycles. The minimum atomic E-state index is -0.244. The summed E-state index contributed by atoms with van der Waals surface area (Å²) in [5.74, 6) is -0.244.